The van der Waals surface area contributed by atoms with Crippen molar-refractivity contribution in [2.75, 3.05) is 26.7 Å². The minimum atomic E-state index is -0.0555. The van der Waals surface area contributed by atoms with E-state index in [1.165, 1.54) is 0 Å². The van der Waals surface area contributed by atoms with E-state index in [2.05, 4.69) is 5.10 Å². The number of aryl methyl sites for hydroxylation is 2. The Morgan fingerprint density at radius 1 is 1.41 bits per heavy atom. The summed E-state index contributed by atoms with van der Waals surface area (Å²) in [6.45, 7) is 5.40. The Balaban J connectivity index is 1.67. The Labute approximate surface area is 129 Å². The van der Waals surface area contributed by atoms with Gasteiger partial charge in [-0.05, 0) is 26.3 Å². The second-order valence-electron chi connectivity index (χ2n) is 6.15. The van der Waals surface area contributed by atoms with Crippen LogP contribution < -0.4 is 0 Å². The summed E-state index contributed by atoms with van der Waals surface area (Å²) in [7, 11) is 1.67. The standard InChI is InChI=1S/C15H22N4O3/c1-10-4-11(2)19(16-10)9-14(20)17-6-12-5-13(22-3)7-18(12)15(21)8-17/h4,12-13H,5-9H2,1-3H3/t12-,13-/m0/s1. The van der Waals surface area contributed by atoms with Crippen molar-refractivity contribution in [3.05, 3.63) is 17.5 Å². The summed E-state index contributed by atoms with van der Waals surface area (Å²) in [5, 5.41) is 4.31. The van der Waals surface area contributed by atoms with Crippen LogP contribution in [0.1, 0.15) is 17.8 Å². The van der Waals surface area contributed by atoms with Crippen LogP contribution in [0.15, 0.2) is 6.07 Å². The lowest BCUT2D eigenvalue weighted by Gasteiger charge is -2.36. The van der Waals surface area contributed by atoms with E-state index in [1.54, 1.807) is 16.7 Å². The average Bonchev–Trinajstić information content (AvgIpc) is 3.02. The Bertz CT molecular complexity index is 598. The van der Waals surface area contributed by atoms with Gasteiger partial charge in [0.1, 0.15) is 6.54 Å². The van der Waals surface area contributed by atoms with E-state index < -0.39 is 0 Å². The van der Waals surface area contributed by atoms with Crippen LogP contribution in [0.5, 0.6) is 0 Å². The fourth-order valence-electron chi connectivity index (χ4n) is 3.35. The van der Waals surface area contributed by atoms with Gasteiger partial charge in [-0.25, -0.2) is 0 Å². The number of ether oxygens (including phenoxy) is 1. The zero-order chi connectivity index (χ0) is 15.9. The number of fused-ring (bicyclic) bond motifs is 1. The van der Waals surface area contributed by atoms with E-state index in [4.69, 9.17) is 4.74 Å². The molecule has 22 heavy (non-hydrogen) atoms. The van der Waals surface area contributed by atoms with E-state index >= 15 is 0 Å². The van der Waals surface area contributed by atoms with E-state index in [0.29, 0.717) is 13.1 Å². The molecule has 1 aromatic rings. The summed E-state index contributed by atoms with van der Waals surface area (Å²) in [5.41, 5.74) is 1.85. The van der Waals surface area contributed by atoms with Crippen LogP contribution >= 0.6 is 0 Å². The van der Waals surface area contributed by atoms with Crippen LogP contribution in [-0.4, -0.2) is 70.3 Å². The normalized spacial score (nSPS) is 24.8. The Hall–Kier alpha value is -1.89. The lowest BCUT2D eigenvalue weighted by Crippen LogP contribution is -2.55. The van der Waals surface area contributed by atoms with E-state index in [0.717, 1.165) is 17.8 Å². The van der Waals surface area contributed by atoms with Gasteiger partial charge in [0.2, 0.25) is 11.8 Å². The topological polar surface area (TPSA) is 67.7 Å². The van der Waals surface area contributed by atoms with Crippen molar-refractivity contribution < 1.29 is 14.3 Å². The molecule has 0 saturated carbocycles. The number of methoxy groups -OCH3 is 1. The van der Waals surface area contributed by atoms with Crippen molar-refractivity contribution in [3.63, 3.8) is 0 Å². The zero-order valence-corrected chi connectivity index (χ0v) is 13.3. The molecular formula is C15H22N4O3. The second kappa shape index (κ2) is 5.72. The number of aromatic nitrogens is 2. The van der Waals surface area contributed by atoms with Gasteiger partial charge in [-0.15, -0.1) is 0 Å². The summed E-state index contributed by atoms with van der Waals surface area (Å²) in [4.78, 5) is 28.2. The molecule has 0 spiro atoms. The molecule has 7 nitrogen and oxygen atoms in total. The van der Waals surface area contributed by atoms with Gasteiger partial charge in [-0.1, -0.05) is 0 Å². The SMILES string of the molecule is CO[C@H]1C[C@H]2CN(C(=O)Cn3nc(C)cc3C)CC(=O)N2C1. The number of piperazine rings is 1. The smallest absolute Gasteiger partial charge is 0.244 e. The third-order valence-corrected chi connectivity index (χ3v) is 4.53. The fourth-order valence-corrected chi connectivity index (χ4v) is 3.35. The number of hydrogen-bond acceptors (Lipinski definition) is 4. The molecule has 0 bridgehead atoms. The highest BCUT2D eigenvalue weighted by Crippen LogP contribution is 2.24. The van der Waals surface area contributed by atoms with Gasteiger partial charge in [0, 0.05) is 25.9 Å². The summed E-state index contributed by atoms with van der Waals surface area (Å²) in [6.07, 6.45) is 0.881. The molecule has 120 valence electrons. The number of amides is 2. The minimum absolute atomic E-state index is 0.0116. The van der Waals surface area contributed by atoms with Gasteiger partial charge in [0.25, 0.3) is 0 Å². The van der Waals surface area contributed by atoms with Gasteiger partial charge in [-0.2, -0.15) is 5.10 Å². The summed E-state index contributed by atoms with van der Waals surface area (Å²) >= 11 is 0. The molecule has 7 heteroatoms. The highest BCUT2D eigenvalue weighted by molar-refractivity contribution is 5.86. The molecule has 0 aromatic carbocycles. The largest absolute Gasteiger partial charge is 0.380 e. The van der Waals surface area contributed by atoms with Crippen molar-refractivity contribution in [1.82, 2.24) is 19.6 Å². The first-order valence-corrected chi connectivity index (χ1v) is 7.59. The molecule has 2 aliphatic heterocycles. The van der Waals surface area contributed by atoms with Crippen molar-refractivity contribution in [3.8, 4) is 0 Å². The van der Waals surface area contributed by atoms with Crippen molar-refractivity contribution in [2.24, 2.45) is 0 Å². The lowest BCUT2D eigenvalue weighted by atomic mass is 10.1. The molecule has 2 amide bonds. The molecule has 0 N–H and O–H groups in total. The molecule has 1 aromatic heterocycles. The highest BCUT2D eigenvalue weighted by Gasteiger charge is 2.41. The molecule has 0 unspecified atom stereocenters. The molecule has 3 rings (SSSR count). The molecule has 2 fully saturated rings. The van der Waals surface area contributed by atoms with Crippen LogP contribution in [-0.2, 0) is 20.9 Å². The first kappa shape index (κ1) is 15.0. The average molecular weight is 306 g/mol. The fraction of sp³-hybridized carbons (Fsp3) is 0.667. The van der Waals surface area contributed by atoms with E-state index in [-0.39, 0.29) is 37.0 Å². The maximum atomic E-state index is 12.5. The monoisotopic (exact) mass is 306 g/mol. The van der Waals surface area contributed by atoms with Gasteiger partial charge in [-0.3, -0.25) is 14.3 Å². The van der Waals surface area contributed by atoms with Crippen LogP contribution in [0.25, 0.3) is 0 Å². The van der Waals surface area contributed by atoms with Crippen molar-refractivity contribution in [1.29, 1.82) is 0 Å². The van der Waals surface area contributed by atoms with Crippen LogP contribution in [0.4, 0.5) is 0 Å². The highest BCUT2D eigenvalue weighted by atomic mass is 16.5. The maximum Gasteiger partial charge on any atom is 0.244 e. The molecule has 2 atom stereocenters. The van der Waals surface area contributed by atoms with Gasteiger partial charge < -0.3 is 14.5 Å². The third-order valence-electron chi connectivity index (χ3n) is 4.53. The lowest BCUT2D eigenvalue weighted by molar-refractivity contribution is -0.147. The predicted octanol–water partition coefficient (Wildman–Crippen LogP) is -0.0420. The first-order valence-electron chi connectivity index (χ1n) is 7.59. The summed E-state index contributed by atoms with van der Waals surface area (Å²) in [5.74, 6) is -0.0439. The van der Waals surface area contributed by atoms with Gasteiger partial charge >= 0.3 is 0 Å². The number of carbonyl (C=O) groups excluding carboxylic acids is 2. The zero-order valence-electron chi connectivity index (χ0n) is 13.3. The molecular weight excluding hydrogens is 284 g/mol. The van der Waals surface area contributed by atoms with Gasteiger partial charge in [0.05, 0.1) is 24.4 Å². The van der Waals surface area contributed by atoms with E-state index in [1.807, 2.05) is 24.8 Å². The van der Waals surface area contributed by atoms with Crippen LogP contribution in [0.3, 0.4) is 0 Å². The molecule has 3 heterocycles. The quantitative estimate of drug-likeness (QED) is 0.786. The number of carbonyl (C=O) groups is 2. The number of nitrogens with zero attached hydrogens (tertiary/aromatic N) is 4. The molecule has 0 radical (unpaired) electrons. The van der Waals surface area contributed by atoms with Crippen LogP contribution in [0, 0.1) is 13.8 Å². The Kier molecular flexibility index (Phi) is 3.90. The molecule has 2 saturated heterocycles. The van der Waals surface area contributed by atoms with Crippen molar-refractivity contribution in [2.45, 2.75) is 39.0 Å². The Morgan fingerprint density at radius 3 is 2.82 bits per heavy atom. The minimum Gasteiger partial charge on any atom is -0.380 e. The summed E-state index contributed by atoms with van der Waals surface area (Å²) < 4.78 is 7.05. The van der Waals surface area contributed by atoms with E-state index in [9.17, 15) is 9.59 Å². The second-order valence-corrected chi connectivity index (χ2v) is 6.15. The maximum absolute atomic E-state index is 12.5. The summed E-state index contributed by atoms with van der Waals surface area (Å²) in [6, 6.07) is 2.02. The first-order chi connectivity index (χ1) is 10.5. The number of rotatable bonds is 3. The molecule has 0 aliphatic carbocycles. The third kappa shape index (κ3) is 2.72. The molecule has 2 aliphatic rings. The van der Waals surface area contributed by atoms with Crippen LogP contribution in [0.2, 0.25) is 0 Å². The number of hydrogen-bond donors (Lipinski definition) is 0. The van der Waals surface area contributed by atoms with Crippen molar-refractivity contribution >= 4 is 11.8 Å². The van der Waals surface area contributed by atoms with Gasteiger partial charge in [0.15, 0.2) is 0 Å². The predicted molar refractivity (Wildman–Crippen MR) is 79.2 cm³/mol. The Morgan fingerprint density at radius 2 is 2.18 bits per heavy atom.